The third-order valence-electron chi connectivity index (χ3n) is 3.83. The first-order chi connectivity index (χ1) is 12.1. The molecule has 5 heteroatoms. The Hall–Kier alpha value is -2.94. The van der Waals surface area contributed by atoms with Crippen LogP contribution in [0.3, 0.4) is 0 Å². The molecular formula is C20H16N2O2S. The molecule has 0 fully saturated rings. The second-order valence-corrected chi connectivity index (χ2v) is 7.23. The van der Waals surface area contributed by atoms with Crippen molar-refractivity contribution in [3.05, 3.63) is 102 Å². The van der Waals surface area contributed by atoms with Crippen LogP contribution < -0.4 is 4.72 Å². The van der Waals surface area contributed by atoms with Crippen LogP contribution in [0.4, 0.5) is 0 Å². The summed E-state index contributed by atoms with van der Waals surface area (Å²) in [6.07, 6.45) is 0. The molecule has 0 heterocycles. The van der Waals surface area contributed by atoms with Crippen molar-refractivity contribution in [3.63, 3.8) is 0 Å². The van der Waals surface area contributed by atoms with Gasteiger partial charge in [0.05, 0.1) is 22.6 Å². The highest BCUT2D eigenvalue weighted by molar-refractivity contribution is 7.89. The Kier molecular flexibility index (Phi) is 4.94. The number of hydrogen-bond donors (Lipinski definition) is 1. The summed E-state index contributed by atoms with van der Waals surface area (Å²) in [6.45, 7) is 0. The van der Waals surface area contributed by atoms with Gasteiger partial charge in [-0.05, 0) is 35.4 Å². The highest BCUT2D eigenvalue weighted by Crippen LogP contribution is 2.24. The molecule has 0 aromatic heterocycles. The van der Waals surface area contributed by atoms with E-state index in [-0.39, 0.29) is 4.90 Å². The summed E-state index contributed by atoms with van der Waals surface area (Å²) in [4.78, 5) is 0.128. The molecule has 0 aliphatic heterocycles. The van der Waals surface area contributed by atoms with Gasteiger partial charge in [0.2, 0.25) is 10.0 Å². The van der Waals surface area contributed by atoms with Crippen molar-refractivity contribution < 1.29 is 8.42 Å². The smallest absolute Gasteiger partial charge is 0.207 e. The van der Waals surface area contributed by atoms with Gasteiger partial charge >= 0.3 is 0 Å². The molecule has 3 aromatic carbocycles. The lowest BCUT2D eigenvalue weighted by Gasteiger charge is -2.20. The maximum absolute atomic E-state index is 12.8. The molecule has 3 aromatic rings. The predicted octanol–water partition coefficient (Wildman–Crippen LogP) is 3.63. The Labute approximate surface area is 147 Å². The molecule has 3 rings (SSSR count). The lowest BCUT2D eigenvalue weighted by molar-refractivity contribution is 0.572. The molecule has 0 aliphatic carbocycles. The summed E-state index contributed by atoms with van der Waals surface area (Å²) in [6, 6.07) is 26.2. The van der Waals surface area contributed by atoms with Crippen LogP contribution >= 0.6 is 0 Å². The summed E-state index contributed by atoms with van der Waals surface area (Å²) in [7, 11) is -3.74. The van der Waals surface area contributed by atoms with E-state index in [9.17, 15) is 8.42 Å². The lowest BCUT2D eigenvalue weighted by atomic mass is 10.00. The molecule has 0 aliphatic rings. The third kappa shape index (κ3) is 3.94. The topological polar surface area (TPSA) is 70.0 Å². The quantitative estimate of drug-likeness (QED) is 0.765. The first-order valence-electron chi connectivity index (χ1n) is 7.72. The average Bonchev–Trinajstić information content (AvgIpc) is 2.67. The number of rotatable bonds is 5. The Morgan fingerprint density at radius 3 is 1.68 bits per heavy atom. The van der Waals surface area contributed by atoms with Crippen molar-refractivity contribution in [1.29, 1.82) is 5.26 Å². The van der Waals surface area contributed by atoms with Crippen LogP contribution in [0.2, 0.25) is 0 Å². The van der Waals surface area contributed by atoms with E-state index in [1.165, 1.54) is 24.3 Å². The molecule has 0 saturated heterocycles. The van der Waals surface area contributed by atoms with Gasteiger partial charge < -0.3 is 0 Å². The van der Waals surface area contributed by atoms with Crippen molar-refractivity contribution in [2.45, 2.75) is 10.9 Å². The molecular weight excluding hydrogens is 332 g/mol. The zero-order chi connectivity index (χ0) is 17.7. The molecule has 0 unspecified atom stereocenters. The summed E-state index contributed by atoms with van der Waals surface area (Å²) in [5, 5.41) is 8.86. The molecule has 124 valence electrons. The zero-order valence-corrected chi connectivity index (χ0v) is 14.1. The van der Waals surface area contributed by atoms with Gasteiger partial charge in [0.25, 0.3) is 0 Å². The van der Waals surface area contributed by atoms with Crippen LogP contribution in [0.1, 0.15) is 22.7 Å². The number of benzene rings is 3. The number of hydrogen-bond acceptors (Lipinski definition) is 3. The van der Waals surface area contributed by atoms with Crippen LogP contribution in [-0.4, -0.2) is 8.42 Å². The zero-order valence-electron chi connectivity index (χ0n) is 13.3. The van der Waals surface area contributed by atoms with Crippen molar-refractivity contribution >= 4 is 10.0 Å². The van der Waals surface area contributed by atoms with Gasteiger partial charge in [-0.3, -0.25) is 0 Å². The van der Waals surface area contributed by atoms with Crippen LogP contribution in [0.25, 0.3) is 0 Å². The maximum Gasteiger partial charge on any atom is 0.241 e. The fraction of sp³-hybridized carbons (Fsp3) is 0.0500. The van der Waals surface area contributed by atoms with E-state index in [1.54, 1.807) is 0 Å². The molecule has 0 amide bonds. The Morgan fingerprint density at radius 1 is 0.760 bits per heavy atom. The second-order valence-electron chi connectivity index (χ2n) is 5.51. The van der Waals surface area contributed by atoms with Gasteiger partial charge in [0.15, 0.2) is 0 Å². The highest BCUT2D eigenvalue weighted by atomic mass is 32.2. The van der Waals surface area contributed by atoms with Crippen molar-refractivity contribution in [2.24, 2.45) is 0 Å². The van der Waals surface area contributed by atoms with Gasteiger partial charge in [0.1, 0.15) is 0 Å². The van der Waals surface area contributed by atoms with Gasteiger partial charge in [-0.25, -0.2) is 8.42 Å². The van der Waals surface area contributed by atoms with Crippen LogP contribution in [0, 0.1) is 11.3 Å². The van der Waals surface area contributed by atoms with E-state index >= 15 is 0 Å². The normalized spacial score (nSPS) is 11.2. The monoisotopic (exact) mass is 348 g/mol. The number of nitriles is 1. The van der Waals surface area contributed by atoms with Crippen molar-refractivity contribution in [3.8, 4) is 6.07 Å². The van der Waals surface area contributed by atoms with Gasteiger partial charge in [-0.15, -0.1) is 0 Å². The Morgan fingerprint density at radius 2 is 1.24 bits per heavy atom. The number of nitrogens with zero attached hydrogens (tertiary/aromatic N) is 1. The van der Waals surface area contributed by atoms with Crippen LogP contribution in [0.15, 0.2) is 89.8 Å². The standard InChI is InChI=1S/C20H16N2O2S/c21-15-16-11-13-19(14-12-16)25(23,24)22-20(17-7-3-1-4-8-17)18-9-5-2-6-10-18/h1-14,20,22H. The third-order valence-corrected chi connectivity index (χ3v) is 5.27. The summed E-state index contributed by atoms with van der Waals surface area (Å²) < 4.78 is 28.4. The SMILES string of the molecule is N#Cc1ccc(S(=O)(=O)NC(c2ccccc2)c2ccccc2)cc1. The van der Waals surface area contributed by atoms with Crippen molar-refractivity contribution in [2.75, 3.05) is 0 Å². The summed E-state index contributed by atoms with van der Waals surface area (Å²) in [5.74, 6) is 0. The molecule has 0 saturated carbocycles. The fourth-order valence-electron chi connectivity index (χ4n) is 2.55. The summed E-state index contributed by atoms with van der Waals surface area (Å²) in [5.41, 5.74) is 2.12. The molecule has 0 radical (unpaired) electrons. The second kappa shape index (κ2) is 7.31. The molecule has 4 nitrogen and oxygen atoms in total. The molecule has 0 atom stereocenters. The largest absolute Gasteiger partial charge is 0.241 e. The van der Waals surface area contributed by atoms with E-state index in [0.29, 0.717) is 5.56 Å². The molecule has 0 bridgehead atoms. The van der Waals surface area contributed by atoms with Crippen LogP contribution in [-0.2, 0) is 10.0 Å². The first kappa shape index (κ1) is 16.9. The van der Waals surface area contributed by atoms with Gasteiger partial charge in [-0.1, -0.05) is 60.7 Å². The van der Waals surface area contributed by atoms with E-state index in [2.05, 4.69) is 4.72 Å². The van der Waals surface area contributed by atoms with Gasteiger partial charge in [-0.2, -0.15) is 9.98 Å². The van der Waals surface area contributed by atoms with E-state index < -0.39 is 16.1 Å². The highest BCUT2D eigenvalue weighted by Gasteiger charge is 2.22. The van der Waals surface area contributed by atoms with Gasteiger partial charge in [0, 0.05) is 0 Å². The molecule has 25 heavy (non-hydrogen) atoms. The fourth-order valence-corrected chi connectivity index (χ4v) is 3.76. The molecule has 0 spiro atoms. The predicted molar refractivity (Wildman–Crippen MR) is 96.2 cm³/mol. The minimum atomic E-state index is -3.74. The Balaban J connectivity index is 1.98. The van der Waals surface area contributed by atoms with Crippen molar-refractivity contribution in [1.82, 2.24) is 4.72 Å². The van der Waals surface area contributed by atoms with E-state index in [0.717, 1.165) is 11.1 Å². The maximum atomic E-state index is 12.8. The number of nitrogens with one attached hydrogen (secondary N) is 1. The van der Waals surface area contributed by atoms with Crippen LogP contribution in [0.5, 0.6) is 0 Å². The lowest BCUT2D eigenvalue weighted by Crippen LogP contribution is -2.29. The minimum absolute atomic E-state index is 0.128. The van der Waals surface area contributed by atoms with E-state index in [4.69, 9.17) is 5.26 Å². The Bertz CT molecular complexity index is 938. The first-order valence-corrected chi connectivity index (χ1v) is 9.21. The van der Waals surface area contributed by atoms with E-state index in [1.807, 2.05) is 66.7 Å². The summed E-state index contributed by atoms with van der Waals surface area (Å²) >= 11 is 0. The average molecular weight is 348 g/mol. The number of sulfonamides is 1. The molecule has 1 N–H and O–H groups in total. The minimum Gasteiger partial charge on any atom is -0.207 e.